The van der Waals surface area contributed by atoms with Crippen molar-refractivity contribution in [1.29, 1.82) is 0 Å². The Morgan fingerprint density at radius 1 is 1.12 bits per heavy atom. The van der Waals surface area contributed by atoms with Gasteiger partial charge in [-0.2, -0.15) is 5.10 Å². The largest absolute Gasteiger partial charge is 0.305 e. The number of benzene rings is 1. The monoisotopic (exact) mass is 225 g/mol. The van der Waals surface area contributed by atoms with Crippen molar-refractivity contribution in [2.24, 2.45) is 5.10 Å². The Hall–Kier alpha value is -2.16. The van der Waals surface area contributed by atoms with Crippen LogP contribution >= 0.6 is 0 Å². The molecule has 0 spiro atoms. The Morgan fingerprint density at radius 2 is 1.82 bits per heavy atom. The van der Waals surface area contributed by atoms with Gasteiger partial charge in [0.2, 0.25) is 0 Å². The average molecular weight is 225 g/mol. The van der Waals surface area contributed by atoms with Crippen LogP contribution in [0.2, 0.25) is 0 Å². The van der Waals surface area contributed by atoms with E-state index in [-0.39, 0.29) is 0 Å². The first-order valence-electron chi connectivity index (χ1n) is 5.58. The minimum atomic E-state index is 0.715. The molecule has 2 aromatic rings. The fraction of sp³-hybridized carbons (Fsp3) is 0.143. The quantitative estimate of drug-likeness (QED) is 0.641. The maximum absolute atomic E-state index is 4.34. The SMILES string of the molecule is CC(=NNCc1ccncc1)c1ccccc1. The van der Waals surface area contributed by atoms with Crippen LogP contribution in [-0.2, 0) is 6.54 Å². The highest BCUT2D eigenvalue weighted by atomic mass is 15.3. The Kier molecular flexibility index (Phi) is 3.86. The summed E-state index contributed by atoms with van der Waals surface area (Å²) >= 11 is 0. The van der Waals surface area contributed by atoms with Crippen LogP contribution in [-0.4, -0.2) is 10.7 Å². The number of hydrogen-bond donors (Lipinski definition) is 1. The summed E-state index contributed by atoms with van der Waals surface area (Å²) < 4.78 is 0. The van der Waals surface area contributed by atoms with Gasteiger partial charge in [0, 0.05) is 12.4 Å². The third-order valence-corrected chi connectivity index (χ3v) is 2.47. The highest BCUT2D eigenvalue weighted by molar-refractivity contribution is 5.98. The van der Waals surface area contributed by atoms with Gasteiger partial charge in [-0.25, -0.2) is 0 Å². The summed E-state index contributed by atoms with van der Waals surface area (Å²) in [5, 5.41) is 4.34. The maximum atomic E-state index is 4.34. The number of nitrogens with zero attached hydrogens (tertiary/aromatic N) is 2. The van der Waals surface area contributed by atoms with Crippen LogP contribution in [0.3, 0.4) is 0 Å². The van der Waals surface area contributed by atoms with Gasteiger partial charge in [0.15, 0.2) is 0 Å². The van der Waals surface area contributed by atoms with Crippen molar-refractivity contribution in [2.75, 3.05) is 0 Å². The zero-order valence-corrected chi connectivity index (χ0v) is 9.80. The number of aromatic nitrogens is 1. The van der Waals surface area contributed by atoms with Gasteiger partial charge in [-0.05, 0) is 30.2 Å². The molecular formula is C14H15N3. The number of rotatable bonds is 4. The molecule has 0 bridgehead atoms. The predicted octanol–water partition coefficient (Wildman–Crippen LogP) is 2.60. The number of hydrazone groups is 1. The van der Waals surface area contributed by atoms with E-state index < -0.39 is 0 Å². The molecule has 0 aliphatic carbocycles. The summed E-state index contributed by atoms with van der Waals surface area (Å²) in [5.74, 6) is 0. The van der Waals surface area contributed by atoms with Crippen LogP contribution < -0.4 is 5.43 Å². The molecule has 1 heterocycles. The summed E-state index contributed by atoms with van der Waals surface area (Å²) in [6.07, 6.45) is 3.57. The molecule has 0 saturated heterocycles. The van der Waals surface area contributed by atoms with Crippen molar-refractivity contribution in [3.8, 4) is 0 Å². The highest BCUT2D eigenvalue weighted by Gasteiger charge is 1.95. The van der Waals surface area contributed by atoms with Crippen LogP contribution in [0.4, 0.5) is 0 Å². The molecule has 1 N–H and O–H groups in total. The molecule has 0 unspecified atom stereocenters. The summed E-state index contributed by atoms with van der Waals surface area (Å²) in [7, 11) is 0. The molecule has 17 heavy (non-hydrogen) atoms. The zero-order chi connectivity index (χ0) is 11.9. The zero-order valence-electron chi connectivity index (χ0n) is 9.80. The molecule has 0 amide bonds. The fourth-order valence-electron chi connectivity index (χ4n) is 1.49. The molecule has 0 aliphatic heterocycles. The van der Waals surface area contributed by atoms with Gasteiger partial charge in [-0.15, -0.1) is 0 Å². The molecule has 0 radical (unpaired) electrons. The minimum absolute atomic E-state index is 0.715. The lowest BCUT2D eigenvalue weighted by Gasteiger charge is -2.03. The van der Waals surface area contributed by atoms with Gasteiger partial charge >= 0.3 is 0 Å². The lowest BCUT2D eigenvalue weighted by atomic mass is 10.1. The Labute approximate surface area is 101 Å². The van der Waals surface area contributed by atoms with Crippen LogP contribution in [0.1, 0.15) is 18.1 Å². The van der Waals surface area contributed by atoms with Gasteiger partial charge in [0.05, 0.1) is 12.3 Å². The molecule has 0 atom stereocenters. The second-order valence-electron chi connectivity index (χ2n) is 3.75. The fourth-order valence-corrected chi connectivity index (χ4v) is 1.49. The van der Waals surface area contributed by atoms with Crippen molar-refractivity contribution in [3.05, 3.63) is 66.0 Å². The molecule has 1 aromatic carbocycles. The molecule has 0 fully saturated rings. The third kappa shape index (κ3) is 3.41. The molecule has 1 aromatic heterocycles. The van der Waals surface area contributed by atoms with Crippen molar-refractivity contribution < 1.29 is 0 Å². The van der Waals surface area contributed by atoms with Crippen molar-refractivity contribution >= 4 is 5.71 Å². The van der Waals surface area contributed by atoms with Crippen LogP contribution in [0, 0.1) is 0 Å². The van der Waals surface area contributed by atoms with E-state index in [2.05, 4.69) is 15.5 Å². The first-order valence-corrected chi connectivity index (χ1v) is 5.58. The Bertz CT molecular complexity index is 477. The van der Waals surface area contributed by atoms with E-state index >= 15 is 0 Å². The topological polar surface area (TPSA) is 37.3 Å². The maximum Gasteiger partial charge on any atom is 0.0644 e. The molecular weight excluding hydrogens is 210 g/mol. The van der Waals surface area contributed by atoms with E-state index in [4.69, 9.17) is 0 Å². The molecule has 3 heteroatoms. The normalized spacial score (nSPS) is 11.2. The Morgan fingerprint density at radius 3 is 2.53 bits per heavy atom. The van der Waals surface area contributed by atoms with Gasteiger partial charge in [-0.1, -0.05) is 30.3 Å². The van der Waals surface area contributed by atoms with E-state index in [1.54, 1.807) is 12.4 Å². The second-order valence-corrected chi connectivity index (χ2v) is 3.75. The highest BCUT2D eigenvalue weighted by Crippen LogP contribution is 2.00. The van der Waals surface area contributed by atoms with Crippen LogP contribution in [0.15, 0.2) is 60.0 Å². The van der Waals surface area contributed by atoms with Crippen molar-refractivity contribution in [3.63, 3.8) is 0 Å². The second kappa shape index (κ2) is 5.80. The number of hydrogen-bond acceptors (Lipinski definition) is 3. The lowest BCUT2D eigenvalue weighted by molar-refractivity contribution is 0.742. The smallest absolute Gasteiger partial charge is 0.0644 e. The van der Waals surface area contributed by atoms with E-state index in [0.717, 1.165) is 11.3 Å². The van der Waals surface area contributed by atoms with E-state index in [0.29, 0.717) is 6.54 Å². The summed E-state index contributed by atoms with van der Waals surface area (Å²) in [6.45, 7) is 2.71. The van der Waals surface area contributed by atoms with Gasteiger partial charge in [0.25, 0.3) is 0 Å². The molecule has 86 valence electrons. The standard InChI is InChI=1S/C14H15N3/c1-12(14-5-3-2-4-6-14)17-16-11-13-7-9-15-10-8-13/h2-10,16H,11H2,1H3. The van der Waals surface area contributed by atoms with Gasteiger partial charge in [-0.3, -0.25) is 4.98 Å². The summed E-state index contributed by atoms with van der Waals surface area (Å²) in [5.41, 5.74) is 6.35. The number of pyridine rings is 1. The molecule has 0 aliphatic rings. The van der Waals surface area contributed by atoms with E-state index in [1.165, 1.54) is 5.56 Å². The summed E-state index contributed by atoms with van der Waals surface area (Å²) in [4.78, 5) is 3.97. The molecule has 2 rings (SSSR count). The predicted molar refractivity (Wildman–Crippen MR) is 69.7 cm³/mol. The van der Waals surface area contributed by atoms with E-state index in [1.807, 2.05) is 49.4 Å². The van der Waals surface area contributed by atoms with Crippen molar-refractivity contribution in [2.45, 2.75) is 13.5 Å². The summed E-state index contributed by atoms with van der Waals surface area (Å²) in [6, 6.07) is 14.1. The third-order valence-electron chi connectivity index (χ3n) is 2.47. The van der Waals surface area contributed by atoms with E-state index in [9.17, 15) is 0 Å². The van der Waals surface area contributed by atoms with Crippen LogP contribution in [0.5, 0.6) is 0 Å². The first-order chi connectivity index (χ1) is 8.36. The van der Waals surface area contributed by atoms with Gasteiger partial charge in [0.1, 0.15) is 0 Å². The average Bonchev–Trinajstić information content (AvgIpc) is 2.41. The minimum Gasteiger partial charge on any atom is -0.305 e. The first kappa shape index (κ1) is 11.3. The molecule has 3 nitrogen and oxygen atoms in total. The van der Waals surface area contributed by atoms with Crippen LogP contribution in [0.25, 0.3) is 0 Å². The van der Waals surface area contributed by atoms with Crippen molar-refractivity contribution in [1.82, 2.24) is 10.4 Å². The molecule has 0 saturated carbocycles. The van der Waals surface area contributed by atoms with Gasteiger partial charge < -0.3 is 5.43 Å². The number of nitrogens with one attached hydrogen (secondary N) is 1. The Balaban J connectivity index is 1.93. The lowest BCUT2D eigenvalue weighted by Crippen LogP contribution is -2.09.